The number of aromatic nitrogens is 1. The number of nitrogen functional groups attached to an aromatic ring is 1. The summed E-state index contributed by atoms with van der Waals surface area (Å²) in [5.41, 5.74) is 7.88. The number of aryl methyl sites for hydroxylation is 2. The molecule has 0 atom stereocenters. The van der Waals surface area contributed by atoms with Crippen LogP contribution < -0.4 is 5.73 Å². The van der Waals surface area contributed by atoms with Gasteiger partial charge in [0, 0.05) is 5.69 Å². The van der Waals surface area contributed by atoms with Crippen LogP contribution in [0.2, 0.25) is 0 Å². The first-order valence-corrected chi connectivity index (χ1v) is 3.95. The molecule has 0 aliphatic rings. The highest BCUT2D eigenvalue weighted by Gasteiger charge is 1.94. The zero-order valence-electron chi connectivity index (χ0n) is 7.09. The third-order valence-corrected chi connectivity index (χ3v) is 1.57. The van der Waals surface area contributed by atoms with Crippen LogP contribution in [0.15, 0.2) is 12.1 Å². The van der Waals surface area contributed by atoms with E-state index in [4.69, 9.17) is 5.73 Å². The van der Waals surface area contributed by atoms with Crippen molar-refractivity contribution < 1.29 is 0 Å². The van der Waals surface area contributed by atoms with E-state index in [0.29, 0.717) is 5.82 Å². The molecule has 0 aliphatic heterocycles. The summed E-state index contributed by atoms with van der Waals surface area (Å²) in [5, 5.41) is 0. The summed E-state index contributed by atoms with van der Waals surface area (Å²) in [7, 11) is 0. The molecule has 2 heteroatoms. The monoisotopic (exact) mass is 150 g/mol. The van der Waals surface area contributed by atoms with Crippen LogP contribution in [0.4, 0.5) is 5.82 Å². The Morgan fingerprint density at radius 3 is 2.73 bits per heavy atom. The van der Waals surface area contributed by atoms with Crippen LogP contribution in [-0.4, -0.2) is 4.98 Å². The summed E-state index contributed by atoms with van der Waals surface area (Å²) in [6, 6.07) is 4.02. The minimum Gasteiger partial charge on any atom is -0.384 e. The van der Waals surface area contributed by atoms with Gasteiger partial charge in [0.25, 0.3) is 0 Å². The van der Waals surface area contributed by atoms with Gasteiger partial charge in [0.05, 0.1) is 0 Å². The maximum absolute atomic E-state index is 5.58. The minimum absolute atomic E-state index is 0.633. The molecule has 0 amide bonds. The third kappa shape index (κ3) is 2.22. The summed E-state index contributed by atoms with van der Waals surface area (Å²) in [6.07, 6.45) is 2.25. The lowest BCUT2D eigenvalue weighted by Crippen LogP contribution is -1.95. The number of hydrogen-bond acceptors (Lipinski definition) is 2. The first-order chi connectivity index (χ1) is 5.22. The molecule has 1 rings (SSSR count). The second-order valence-corrected chi connectivity index (χ2v) is 2.79. The fourth-order valence-corrected chi connectivity index (χ4v) is 1.20. The van der Waals surface area contributed by atoms with E-state index in [-0.39, 0.29) is 0 Å². The summed E-state index contributed by atoms with van der Waals surface area (Å²) in [5.74, 6) is 0.633. The average Bonchev–Trinajstić information content (AvgIpc) is 1.85. The van der Waals surface area contributed by atoms with Gasteiger partial charge in [-0.3, -0.25) is 0 Å². The van der Waals surface area contributed by atoms with E-state index >= 15 is 0 Å². The van der Waals surface area contributed by atoms with Crippen molar-refractivity contribution in [2.75, 3.05) is 5.73 Å². The summed E-state index contributed by atoms with van der Waals surface area (Å²) in [6.45, 7) is 4.13. The number of hydrogen-bond donors (Lipinski definition) is 1. The molecule has 1 aromatic heterocycles. The van der Waals surface area contributed by atoms with E-state index in [0.717, 1.165) is 18.5 Å². The van der Waals surface area contributed by atoms with Gasteiger partial charge in [0.1, 0.15) is 5.82 Å². The lowest BCUT2D eigenvalue weighted by atomic mass is 10.1. The predicted octanol–water partition coefficient (Wildman–Crippen LogP) is 1.92. The molecular formula is C9H14N2. The van der Waals surface area contributed by atoms with Crippen LogP contribution in [0.1, 0.15) is 24.6 Å². The van der Waals surface area contributed by atoms with Gasteiger partial charge in [-0.15, -0.1) is 0 Å². The first kappa shape index (κ1) is 8.05. The second-order valence-electron chi connectivity index (χ2n) is 2.79. The molecule has 1 heterocycles. The van der Waals surface area contributed by atoms with Gasteiger partial charge in [-0.1, -0.05) is 13.3 Å². The molecule has 1 aromatic rings. The highest BCUT2D eigenvalue weighted by molar-refractivity contribution is 5.34. The fourth-order valence-electron chi connectivity index (χ4n) is 1.20. The number of pyridine rings is 1. The van der Waals surface area contributed by atoms with Crippen molar-refractivity contribution in [2.45, 2.75) is 26.7 Å². The molecule has 0 aromatic carbocycles. The second kappa shape index (κ2) is 3.37. The first-order valence-electron chi connectivity index (χ1n) is 3.95. The molecule has 0 unspecified atom stereocenters. The van der Waals surface area contributed by atoms with Crippen LogP contribution in [0, 0.1) is 6.92 Å². The van der Waals surface area contributed by atoms with Crippen LogP contribution in [0.25, 0.3) is 0 Å². The van der Waals surface area contributed by atoms with E-state index in [1.54, 1.807) is 0 Å². The van der Waals surface area contributed by atoms with E-state index in [1.165, 1.54) is 5.56 Å². The standard InChI is InChI=1S/C9H14N2/c1-3-4-8-5-7(2)11-9(10)6-8/h5-6H,3-4H2,1-2H3,(H2,10,11). The van der Waals surface area contributed by atoms with Crippen molar-refractivity contribution in [1.29, 1.82) is 0 Å². The highest BCUT2D eigenvalue weighted by atomic mass is 14.8. The molecule has 0 aliphatic carbocycles. The molecule has 2 nitrogen and oxygen atoms in total. The minimum atomic E-state index is 0.633. The SMILES string of the molecule is CCCc1cc(C)nc(N)c1. The van der Waals surface area contributed by atoms with Crippen molar-refractivity contribution in [2.24, 2.45) is 0 Å². The maximum Gasteiger partial charge on any atom is 0.123 e. The molecule has 0 spiro atoms. The van der Waals surface area contributed by atoms with E-state index in [1.807, 2.05) is 13.0 Å². The van der Waals surface area contributed by atoms with Crippen LogP contribution in [-0.2, 0) is 6.42 Å². The Morgan fingerprint density at radius 2 is 2.18 bits per heavy atom. The fraction of sp³-hybridized carbons (Fsp3) is 0.444. The zero-order chi connectivity index (χ0) is 8.27. The van der Waals surface area contributed by atoms with Gasteiger partial charge in [-0.2, -0.15) is 0 Å². The average molecular weight is 150 g/mol. The van der Waals surface area contributed by atoms with Gasteiger partial charge >= 0.3 is 0 Å². The van der Waals surface area contributed by atoms with Crippen LogP contribution >= 0.6 is 0 Å². The zero-order valence-corrected chi connectivity index (χ0v) is 7.09. The summed E-state index contributed by atoms with van der Waals surface area (Å²) >= 11 is 0. The number of nitrogens with zero attached hydrogens (tertiary/aromatic N) is 1. The quantitative estimate of drug-likeness (QED) is 0.699. The van der Waals surface area contributed by atoms with Crippen LogP contribution in [0.5, 0.6) is 0 Å². The van der Waals surface area contributed by atoms with E-state index in [2.05, 4.69) is 18.0 Å². The Labute approximate surface area is 67.5 Å². The Bertz CT molecular complexity index is 223. The van der Waals surface area contributed by atoms with Crippen molar-refractivity contribution in [1.82, 2.24) is 4.98 Å². The lowest BCUT2D eigenvalue weighted by molar-refractivity contribution is 0.915. The van der Waals surface area contributed by atoms with Crippen molar-refractivity contribution in [3.63, 3.8) is 0 Å². The smallest absolute Gasteiger partial charge is 0.123 e. The molecule has 0 saturated carbocycles. The lowest BCUT2D eigenvalue weighted by Gasteiger charge is -2.01. The molecule has 0 saturated heterocycles. The summed E-state index contributed by atoms with van der Waals surface area (Å²) < 4.78 is 0. The Hall–Kier alpha value is -1.05. The van der Waals surface area contributed by atoms with Crippen LogP contribution in [0.3, 0.4) is 0 Å². The summed E-state index contributed by atoms with van der Waals surface area (Å²) in [4.78, 5) is 4.09. The van der Waals surface area contributed by atoms with E-state index in [9.17, 15) is 0 Å². The Balaban J connectivity index is 2.89. The predicted molar refractivity (Wildman–Crippen MR) is 47.4 cm³/mol. The maximum atomic E-state index is 5.58. The number of nitrogens with two attached hydrogens (primary N) is 1. The Kier molecular flexibility index (Phi) is 2.47. The number of rotatable bonds is 2. The van der Waals surface area contributed by atoms with Crippen molar-refractivity contribution >= 4 is 5.82 Å². The topological polar surface area (TPSA) is 38.9 Å². The molecule has 0 radical (unpaired) electrons. The van der Waals surface area contributed by atoms with Gasteiger partial charge in [-0.25, -0.2) is 4.98 Å². The molecule has 0 bridgehead atoms. The van der Waals surface area contributed by atoms with Gasteiger partial charge in [0.15, 0.2) is 0 Å². The van der Waals surface area contributed by atoms with E-state index < -0.39 is 0 Å². The largest absolute Gasteiger partial charge is 0.384 e. The Morgan fingerprint density at radius 1 is 1.45 bits per heavy atom. The highest BCUT2D eigenvalue weighted by Crippen LogP contribution is 2.08. The molecule has 11 heavy (non-hydrogen) atoms. The number of anilines is 1. The molecule has 60 valence electrons. The van der Waals surface area contributed by atoms with Gasteiger partial charge in [-0.05, 0) is 31.0 Å². The molecule has 2 N–H and O–H groups in total. The van der Waals surface area contributed by atoms with Gasteiger partial charge < -0.3 is 5.73 Å². The third-order valence-electron chi connectivity index (χ3n) is 1.57. The van der Waals surface area contributed by atoms with Crippen molar-refractivity contribution in [3.05, 3.63) is 23.4 Å². The molecule has 0 fully saturated rings. The van der Waals surface area contributed by atoms with Crippen molar-refractivity contribution in [3.8, 4) is 0 Å². The molecular weight excluding hydrogens is 136 g/mol. The normalized spacial score (nSPS) is 10.0. The van der Waals surface area contributed by atoms with Gasteiger partial charge in [0.2, 0.25) is 0 Å².